The second kappa shape index (κ2) is 6.83. The molecule has 1 heterocycles. The summed E-state index contributed by atoms with van der Waals surface area (Å²) < 4.78 is 0. The average Bonchev–Trinajstić information content (AvgIpc) is 2.33. The van der Waals surface area contributed by atoms with Crippen LogP contribution in [-0.4, -0.2) is 39.7 Å². The Morgan fingerprint density at radius 1 is 1.47 bits per heavy atom. The average molecular weight is 269 g/mol. The Balaban J connectivity index is 2.84. The minimum atomic E-state index is -0.494. The summed E-state index contributed by atoms with van der Waals surface area (Å²) in [6.45, 7) is 3.78. The molecule has 19 heavy (non-hydrogen) atoms. The predicted octanol–water partition coefficient (Wildman–Crippen LogP) is 1.31. The molecule has 0 spiro atoms. The number of nitrogens with one attached hydrogen (secondary N) is 2. The van der Waals surface area contributed by atoms with Crippen LogP contribution >= 0.6 is 0 Å². The molecule has 0 aliphatic carbocycles. The van der Waals surface area contributed by atoms with E-state index >= 15 is 0 Å². The lowest BCUT2D eigenvalue weighted by Gasteiger charge is -2.09. The SMILES string of the molecule is CNc1nc(C)c([N+](=O)[O-])c(NCCCC(C)O)n1. The lowest BCUT2D eigenvalue weighted by molar-refractivity contribution is -0.385. The van der Waals surface area contributed by atoms with E-state index in [0.29, 0.717) is 31.0 Å². The van der Waals surface area contributed by atoms with Crippen LogP contribution in [0.4, 0.5) is 17.5 Å². The molecule has 106 valence electrons. The van der Waals surface area contributed by atoms with Gasteiger partial charge in [-0.15, -0.1) is 0 Å². The van der Waals surface area contributed by atoms with Crippen molar-refractivity contribution in [2.75, 3.05) is 24.2 Å². The Labute approximate surface area is 111 Å². The zero-order valence-corrected chi connectivity index (χ0v) is 11.3. The molecule has 0 saturated heterocycles. The van der Waals surface area contributed by atoms with Crippen molar-refractivity contribution in [1.29, 1.82) is 0 Å². The Morgan fingerprint density at radius 3 is 2.68 bits per heavy atom. The molecule has 1 unspecified atom stereocenters. The molecule has 0 radical (unpaired) electrons. The van der Waals surface area contributed by atoms with Crippen LogP contribution in [0.15, 0.2) is 0 Å². The van der Waals surface area contributed by atoms with Gasteiger partial charge in [-0.2, -0.15) is 4.98 Å². The van der Waals surface area contributed by atoms with Gasteiger partial charge in [-0.05, 0) is 26.7 Å². The largest absolute Gasteiger partial charge is 0.393 e. The first-order valence-corrected chi connectivity index (χ1v) is 6.08. The van der Waals surface area contributed by atoms with Gasteiger partial charge in [0.2, 0.25) is 11.8 Å². The maximum Gasteiger partial charge on any atom is 0.332 e. The lowest BCUT2D eigenvalue weighted by atomic mass is 10.2. The minimum absolute atomic E-state index is 0.115. The highest BCUT2D eigenvalue weighted by molar-refractivity contribution is 5.60. The topological polar surface area (TPSA) is 113 Å². The van der Waals surface area contributed by atoms with E-state index in [0.717, 1.165) is 0 Å². The number of hydrogen-bond acceptors (Lipinski definition) is 7. The normalized spacial score (nSPS) is 12.0. The van der Waals surface area contributed by atoms with Gasteiger partial charge in [0.1, 0.15) is 5.69 Å². The quantitative estimate of drug-likeness (QED) is 0.388. The molecule has 3 N–H and O–H groups in total. The Morgan fingerprint density at radius 2 is 2.16 bits per heavy atom. The van der Waals surface area contributed by atoms with Gasteiger partial charge in [-0.25, -0.2) is 4.98 Å². The van der Waals surface area contributed by atoms with E-state index in [1.54, 1.807) is 20.9 Å². The first-order chi connectivity index (χ1) is 8.95. The highest BCUT2D eigenvalue weighted by Gasteiger charge is 2.21. The summed E-state index contributed by atoms with van der Waals surface area (Å²) >= 11 is 0. The maximum atomic E-state index is 11.0. The highest BCUT2D eigenvalue weighted by atomic mass is 16.6. The summed E-state index contributed by atoms with van der Waals surface area (Å²) in [6, 6.07) is 0. The predicted molar refractivity (Wildman–Crippen MR) is 72.4 cm³/mol. The second-order valence-electron chi connectivity index (χ2n) is 4.25. The van der Waals surface area contributed by atoms with Crippen molar-refractivity contribution in [1.82, 2.24) is 9.97 Å². The summed E-state index contributed by atoms with van der Waals surface area (Å²) in [5, 5.41) is 25.8. The van der Waals surface area contributed by atoms with Crippen LogP contribution in [0.1, 0.15) is 25.5 Å². The highest BCUT2D eigenvalue weighted by Crippen LogP contribution is 2.26. The molecule has 0 aliphatic rings. The summed E-state index contributed by atoms with van der Waals surface area (Å²) in [4.78, 5) is 18.6. The Bertz CT molecular complexity index is 450. The molecule has 1 atom stereocenters. The van der Waals surface area contributed by atoms with Crippen molar-refractivity contribution in [2.24, 2.45) is 0 Å². The van der Waals surface area contributed by atoms with E-state index in [-0.39, 0.29) is 17.6 Å². The van der Waals surface area contributed by atoms with E-state index in [1.807, 2.05) is 0 Å². The molecule has 8 heteroatoms. The van der Waals surface area contributed by atoms with Crippen LogP contribution in [0.3, 0.4) is 0 Å². The van der Waals surface area contributed by atoms with E-state index in [4.69, 9.17) is 5.11 Å². The van der Waals surface area contributed by atoms with Crippen LogP contribution in [0, 0.1) is 17.0 Å². The molecule has 0 amide bonds. The van der Waals surface area contributed by atoms with Gasteiger partial charge in [0.25, 0.3) is 0 Å². The lowest BCUT2D eigenvalue weighted by Crippen LogP contribution is -2.12. The number of anilines is 2. The number of nitro groups is 1. The standard InChI is InChI=1S/C11H19N5O3/c1-7(17)5-4-6-13-10-9(16(18)19)8(2)14-11(12-3)15-10/h7,17H,4-6H2,1-3H3,(H2,12,13,14,15). The van der Waals surface area contributed by atoms with Crippen LogP contribution in [0.25, 0.3) is 0 Å². The van der Waals surface area contributed by atoms with Gasteiger partial charge in [-0.1, -0.05) is 0 Å². The molecule has 0 bridgehead atoms. The molecular weight excluding hydrogens is 250 g/mol. The van der Waals surface area contributed by atoms with Crippen molar-refractivity contribution in [3.8, 4) is 0 Å². The number of rotatable bonds is 7. The number of aryl methyl sites for hydroxylation is 1. The summed E-state index contributed by atoms with van der Waals surface area (Å²) in [5.41, 5.74) is 0.193. The number of aliphatic hydroxyl groups excluding tert-OH is 1. The number of aromatic nitrogens is 2. The van der Waals surface area contributed by atoms with E-state index in [9.17, 15) is 10.1 Å². The van der Waals surface area contributed by atoms with Crippen molar-refractivity contribution < 1.29 is 10.0 Å². The van der Waals surface area contributed by atoms with Crippen molar-refractivity contribution in [3.05, 3.63) is 15.8 Å². The molecule has 1 rings (SSSR count). The third-order valence-electron chi connectivity index (χ3n) is 2.56. The van der Waals surface area contributed by atoms with Crippen LogP contribution in [0.2, 0.25) is 0 Å². The molecule has 0 fully saturated rings. The number of nitrogens with zero attached hydrogens (tertiary/aromatic N) is 3. The first kappa shape index (κ1) is 15.1. The van der Waals surface area contributed by atoms with Crippen molar-refractivity contribution >= 4 is 17.5 Å². The van der Waals surface area contributed by atoms with E-state index < -0.39 is 4.92 Å². The van der Waals surface area contributed by atoms with Gasteiger partial charge in [0, 0.05) is 13.6 Å². The molecule has 0 saturated carbocycles. The fraction of sp³-hybridized carbons (Fsp3) is 0.636. The Hall–Kier alpha value is -1.96. The maximum absolute atomic E-state index is 11.0. The zero-order valence-electron chi connectivity index (χ0n) is 11.3. The molecular formula is C11H19N5O3. The number of hydrogen-bond donors (Lipinski definition) is 3. The minimum Gasteiger partial charge on any atom is -0.393 e. The Kier molecular flexibility index (Phi) is 5.43. The van der Waals surface area contributed by atoms with E-state index in [2.05, 4.69) is 20.6 Å². The van der Waals surface area contributed by atoms with Crippen LogP contribution < -0.4 is 10.6 Å². The van der Waals surface area contributed by atoms with Gasteiger partial charge >= 0.3 is 5.69 Å². The fourth-order valence-corrected chi connectivity index (χ4v) is 1.62. The summed E-state index contributed by atoms with van der Waals surface area (Å²) in [7, 11) is 1.65. The summed E-state index contributed by atoms with van der Waals surface area (Å²) in [6.07, 6.45) is 0.952. The van der Waals surface area contributed by atoms with Crippen LogP contribution in [0.5, 0.6) is 0 Å². The van der Waals surface area contributed by atoms with Gasteiger partial charge in [0.05, 0.1) is 11.0 Å². The zero-order chi connectivity index (χ0) is 14.4. The fourth-order valence-electron chi connectivity index (χ4n) is 1.62. The first-order valence-electron chi connectivity index (χ1n) is 6.08. The smallest absolute Gasteiger partial charge is 0.332 e. The van der Waals surface area contributed by atoms with Gasteiger partial charge < -0.3 is 15.7 Å². The molecule has 1 aromatic heterocycles. The van der Waals surface area contributed by atoms with Crippen molar-refractivity contribution in [2.45, 2.75) is 32.8 Å². The van der Waals surface area contributed by atoms with Gasteiger partial charge in [-0.3, -0.25) is 10.1 Å². The molecule has 8 nitrogen and oxygen atoms in total. The third-order valence-corrected chi connectivity index (χ3v) is 2.56. The molecule has 1 aromatic rings. The number of aliphatic hydroxyl groups is 1. The molecule has 0 aromatic carbocycles. The third kappa shape index (κ3) is 4.32. The second-order valence-corrected chi connectivity index (χ2v) is 4.25. The van der Waals surface area contributed by atoms with Crippen molar-refractivity contribution in [3.63, 3.8) is 0 Å². The summed E-state index contributed by atoms with van der Waals surface area (Å²) in [5.74, 6) is 0.536. The van der Waals surface area contributed by atoms with Gasteiger partial charge in [0.15, 0.2) is 0 Å². The molecule has 0 aliphatic heterocycles. The van der Waals surface area contributed by atoms with E-state index in [1.165, 1.54) is 0 Å². The van der Waals surface area contributed by atoms with Crippen LogP contribution in [-0.2, 0) is 0 Å². The monoisotopic (exact) mass is 269 g/mol.